The average Bonchev–Trinajstić information content (AvgIpc) is 2.40. The van der Waals surface area contributed by atoms with E-state index in [1.54, 1.807) is 0 Å². The molecule has 0 aromatic rings. The summed E-state index contributed by atoms with van der Waals surface area (Å²) in [6.07, 6.45) is 5.93. The van der Waals surface area contributed by atoms with Crippen LogP contribution in [0, 0.1) is 0 Å². The Morgan fingerprint density at radius 3 is 2.00 bits per heavy atom. The molecular formula is C12H24NO+. The van der Waals surface area contributed by atoms with Gasteiger partial charge in [-0.25, -0.2) is 0 Å². The summed E-state index contributed by atoms with van der Waals surface area (Å²) in [5.74, 6) is 0. The van der Waals surface area contributed by atoms with Crippen LogP contribution in [0.1, 0.15) is 39.5 Å². The van der Waals surface area contributed by atoms with Gasteiger partial charge < -0.3 is 9.22 Å². The van der Waals surface area contributed by atoms with Crippen LogP contribution >= 0.6 is 0 Å². The molecule has 0 saturated carbocycles. The standard InChI is InChI=1S/C12H24NO/c1-9(2)13(3)10-5-6-11(13)8-12(7-10)14-4/h9-12H,5-8H2,1-4H3/q+1. The van der Waals surface area contributed by atoms with E-state index in [1.165, 1.54) is 30.2 Å². The number of ether oxygens (including phenoxy) is 1. The minimum Gasteiger partial charge on any atom is -0.381 e. The fraction of sp³-hybridized carbons (Fsp3) is 1.00. The first kappa shape index (κ1) is 10.4. The van der Waals surface area contributed by atoms with E-state index in [0.717, 1.165) is 18.1 Å². The Morgan fingerprint density at radius 2 is 1.64 bits per heavy atom. The zero-order chi connectivity index (χ0) is 10.3. The minimum absolute atomic E-state index is 0.539. The molecule has 82 valence electrons. The number of methoxy groups -OCH3 is 1. The SMILES string of the molecule is COC1CC2CCC(C1)[N+]2(C)C(C)C. The lowest BCUT2D eigenvalue weighted by Gasteiger charge is -2.49. The summed E-state index contributed by atoms with van der Waals surface area (Å²) in [5, 5.41) is 0. The summed E-state index contributed by atoms with van der Waals surface area (Å²) in [6.45, 7) is 4.75. The highest BCUT2D eigenvalue weighted by atomic mass is 16.5. The highest BCUT2D eigenvalue weighted by Gasteiger charge is 2.52. The first-order valence-electron chi connectivity index (χ1n) is 5.97. The van der Waals surface area contributed by atoms with Crippen molar-refractivity contribution in [1.29, 1.82) is 0 Å². The highest BCUT2D eigenvalue weighted by molar-refractivity contribution is 4.87. The maximum absolute atomic E-state index is 5.54. The Kier molecular flexibility index (Phi) is 2.61. The van der Waals surface area contributed by atoms with Gasteiger partial charge in [0.25, 0.3) is 0 Å². The first-order valence-corrected chi connectivity index (χ1v) is 5.97. The van der Waals surface area contributed by atoms with Crippen molar-refractivity contribution in [2.75, 3.05) is 14.2 Å². The van der Waals surface area contributed by atoms with E-state index in [1.807, 2.05) is 7.11 Å². The number of piperidine rings is 1. The summed E-state index contributed by atoms with van der Waals surface area (Å²) in [5.41, 5.74) is 0. The summed E-state index contributed by atoms with van der Waals surface area (Å²) in [6, 6.07) is 2.49. The number of quaternary nitrogens is 1. The molecule has 2 rings (SSSR count). The Morgan fingerprint density at radius 1 is 1.14 bits per heavy atom. The fourth-order valence-corrected chi connectivity index (χ4v) is 3.67. The largest absolute Gasteiger partial charge is 0.381 e. The van der Waals surface area contributed by atoms with Crippen molar-refractivity contribution in [2.45, 2.75) is 63.8 Å². The van der Waals surface area contributed by atoms with E-state index in [4.69, 9.17) is 4.74 Å². The highest BCUT2D eigenvalue weighted by Crippen LogP contribution is 2.43. The molecule has 2 saturated heterocycles. The molecule has 0 aromatic carbocycles. The zero-order valence-corrected chi connectivity index (χ0v) is 9.99. The second-order valence-corrected chi connectivity index (χ2v) is 5.53. The maximum atomic E-state index is 5.54. The Balaban J connectivity index is 2.17. The van der Waals surface area contributed by atoms with E-state index in [2.05, 4.69) is 20.9 Å². The third-order valence-electron chi connectivity index (χ3n) is 4.92. The number of fused-ring (bicyclic) bond motifs is 2. The predicted molar refractivity (Wildman–Crippen MR) is 58.2 cm³/mol. The monoisotopic (exact) mass is 198 g/mol. The van der Waals surface area contributed by atoms with Gasteiger partial charge in [-0.15, -0.1) is 0 Å². The van der Waals surface area contributed by atoms with Crippen LogP contribution in [0.4, 0.5) is 0 Å². The van der Waals surface area contributed by atoms with E-state index in [-0.39, 0.29) is 0 Å². The number of hydrogen-bond donors (Lipinski definition) is 0. The molecule has 0 spiro atoms. The number of nitrogens with zero attached hydrogens (tertiary/aromatic N) is 1. The van der Waals surface area contributed by atoms with Gasteiger partial charge in [0.1, 0.15) is 0 Å². The lowest BCUT2D eigenvalue weighted by atomic mass is 9.94. The van der Waals surface area contributed by atoms with Crippen LogP contribution in [0.5, 0.6) is 0 Å². The molecule has 2 nitrogen and oxygen atoms in total. The summed E-state index contributed by atoms with van der Waals surface area (Å²) < 4.78 is 6.84. The molecule has 0 aliphatic carbocycles. The van der Waals surface area contributed by atoms with Crippen molar-refractivity contribution in [3.05, 3.63) is 0 Å². The van der Waals surface area contributed by atoms with Gasteiger partial charge in [-0.3, -0.25) is 0 Å². The second kappa shape index (κ2) is 3.49. The quantitative estimate of drug-likeness (QED) is 0.618. The van der Waals surface area contributed by atoms with E-state index >= 15 is 0 Å². The van der Waals surface area contributed by atoms with Crippen molar-refractivity contribution in [2.24, 2.45) is 0 Å². The van der Waals surface area contributed by atoms with Gasteiger partial charge in [-0.2, -0.15) is 0 Å². The summed E-state index contributed by atoms with van der Waals surface area (Å²) in [7, 11) is 4.33. The van der Waals surface area contributed by atoms with Crippen LogP contribution in [-0.4, -0.2) is 42.9 Å². The molecule has 0 N–H and O–H groups in total. The Hall–Kier alpha value is -0.0800. The molecular weight excluding hydrogens is 174 g/mol. The van der Waals surface area contributed by atoms with E-state index < -0.39 is 0 Å². The molecule has 0 aromatic heterocycles. The molecule has 14 heavy (non-hydrogen) atoms. The first-order chi connectivity index (χ1) is 6.59. The van der Waals surface area contributed by atoms with E-state index in [9.17, 15) is 0 Å². The number of hydrogen-bond acceptors (Lipinski definition) is 1. The van der Waals surface area contributed by atoms with Crippen molar-refractivity contribution in [1.82, 2.24) is 0 Å². The maximum Gasteiger partial charge on any atom is 0.0919 e. The molecule has 2 unspecified atom stereocenters. The van der Waals surface area contributed by atoms with Gasteiger partial charge in [0.2, 0.25) is 0 Å². The van der Waals surface area contributed by atoms with Gasteiger partial charge in [0.15, 0.2) is 0 Å². The lowest BCUT2D eigenvalue weighted by Crippen LogP contribution is -2.62. The third-order valence-corrected chi connectivity index (χ3v) is 4.92. The van der Waals surface area contributed by atoms with Crippen LogP contribution in [0.15, 0.2) is 0 Å². The molecule has 2 aliphatic heterocycles. The van der Waals surface area contributed by atoms with Crippen molar-refractivity contribution >= 4 is 0 Å². The smallest absolute Gasteiger partial charge is 0.0919 e. The molecule has 2 atom stereocenters. The predicted octanol–water partition coefficient (Wildman–Crippen LogP) is 2.18. The molecule has 2 fully saturated rings. The molecule has 2 bridgehead atoms. The van der Waals surface area contributed by atoms with Crippen LogP contribution in [0.25, 0.3) is 0 Å². The molecule has 2 heteroatoms. The van der Waals surface area contributed by atoms with Gasteiger partial charge in [0.05, 0.1) is 31.3 Å². The van der Waals surface area contributed by atoms with Gasteiger partial charge in [-0.05, 0) is 13.8 Å². The molecule has 2 heterocycles. The van der Waals surface area contributed by atoms with Crippen molar-refractivity contribution in [3.8, 4) is 0 Å². The lowest BCUT2D eigenvalue weighted by molar-refractivity contribution is -0.968. The van der Waals surface area contributed by atoms with Gasteiger partial charge in [-0.1, -0.05) is 0 Å². The van der Waals surface area contributed by atoms with Crippen LogP contribution < -0.4 is 0 Å². The van der Waals surface area contributed by atoms with Crippen LogP contribution in [0.3, 0.4) is 0 Å². The topological polar surface area (TPSA) is 9.23 Å². The van der Waals surface area contributed by atoms with Crippen LogP contribution in [0.2, 0.25) is 0 Å². The molecule has 0 amide bonds. The van der Waals surface area contributed by atoms with Gasteiger partial charge >= 0.3 is 0 Å². The van der Waals surface area contributed by atoms with Gasteiger partial charge in [0, 0.05) is 32.8 Å². The van der Waals surface area contributed by atoms with Crippen molar-refractivity contribution < 1.29 is 9.22 Å². The summed E-state index contributed by atoms with van der Waals surface area (Å²) >= 11 is 0. The summed E-state index contributed by atoms with van der Waals surface area (Å²) in [4.78, 5) is 0. The Bertz CT molecular complexity index is 200. The normalized spacial score (nSPS) is 47.4. The third kappa shape index (κ3) is 1.31. The second-order valence-electron chi connectivity index (χ2n) is 5.53. The zero-order valence-electron chi connectivity index (χ0n) is 9.99. The number of rotatable bonds is 2. The average molecular weight is 198 g/mol. The fourth-order valence-electron chi connectivity index (χ4n) is 3.67. The Labute approximate surface area is 87.8 Å². The minimum atomic E-state index is 0.539. The molecule has 2 aliphatic rings. The van der Waals surface area contributed by atoms with Crippen LogP contribution in [-0.2, 0) is 4.74 Å². The molecule has 0 radical (unpaired) electrons. The van der Waals surface area contributed by atoms with E-state index in [0.29, 0.717) is 6.10 Å². The van der Waals surface area contributed by atoms with Crippen molar-refractivity contribution in [3.63, 3.8) is 0 Å².